The number of aromatic hydroxyl groups is 1. The van der Waals surface area contributed by atoms with Gasteiger partial charge in [0.1, 0.15) is 34.4 Å². The van der Waals surface area contributed by atoms with E-state index in [0.717, 1.165) is 5.56 Å². The molecule has 5 rings (SSSR count). The van der Waals surface area contributed by atoms with Crippen molar-refractivity contribution in [2.75, 3.05) is 0 Å². The summed E-state index contributed by atoms with van der Waals surface area (Å²) in [6.45, 7) is 1.78. The maximum Gasteiger partial charge on any atom is 0.342 e. The summed E-state index contributed by atoms with van der Waals surface area (Å²) < 4.78 is 17.3. The number of ketones is 1. The van der Waals surface area contributed by atoms with Crippen molar-refractivity contribution in [2.45, 2.75) is 63.9 Å². The molecule has 196 valence electrons. The van der Waals surface area contributed by atoms with Gasteiger partial charge >= 0.3 is 11.9 Å². The normalized spacial score (nSPS) is 21.4. The predicted octanol–water partition coefficient (Wildman–Crippen LogP) is 6.58. The zero-order valence-corrected chi connectivity index (χ0v) is 21.3. The Morgan fingerprint density at radius 3 is 2.58 bits per heavy atom. The molecular formula is C31H30O7. The van der Waals surface area contributed by atoms with Crippen molar-refractivity contribution in [2.24, 2.45) is 0 Å². The van der Waals surface area contributed by atoms with Crippen LogP contribution < -0.4 is 4.74 Å². The number of carbonyl (C=O) groups is 3. The van der Waals surface area contributed by atoms with E-state index >= 15 is 0 Å². The molecule has 2 atom stereocenters. The number of allylic oxidation sites excluding steroid dienone is 1. The minimum atomic E-state index is -0.666. The third-order valence-corrected chi connectivity index (χ3v) is 7.01. The standard InChI is InChI=1S/C31H30O7/c1-19-9-8-14-22(32)13-7-3-6-12-21-17-26-29(30(34)28(21)31(35)36-19)23(18-27(33)38-26)25-16-15-24(37-25)20-10-4-2-5-11-20/h2,4-6,10-12,15-17,19,23,34H,3,7-9,13-14,18H2,1H3/b12-6+/t19-,23-/m1/s1. The molecule has 0 amide bonds. The average molecular weight is 515 g/mol. The minimum Gasteiger partial charge on any atom is -0.507 e. The van der Waals surface area contributed by atoms with Gasteiger partial charge in [0.2, 0.25) is 0 Å². The summed E-state index contributed by atoms with van der Waals surface area (Å²) in [6.07, 6.45) is 6.53. The highest BCUT2D eigenvalue weighted by Gasteiger charge is 2.37. The lowest BCUT2D eigenvalue weighted by molar-refractivity contribution is -0.135. The van der Waals surface area contributed by atoms with Crippen LogP contribution in [0.2, 0.25) is 0 Å². The van der Waals surface area contributed by atoms with Gasteiger partial charge in [-0.2, -0.15) is 0 Å². The molecule has 2 aromatic carbocycles. The monoisotopic (exact) mass is 514 g/mol. The maximum atomic E-state index is 13.3. The van der Waals surface area contributed by atoms with E-state index in [-0.39, 0.29) is 29.3 Å². The van der Waals surface area contributed by atoms with Crippen LogP contribution in [0.5, 0.6) is 11.5 Å². The van der Waals surface area contributed by atoms with Crippen LogP contribution in [0.25, 0.3) is 17.4 Å². The van der Waals surface area contributed by atoms with Gasteiger partial charge in [0.25, 0.3) is 0 Å². The summed E-state index contributed by atoms with van der Waals surface area (Å²) in [7, 11) is 0. The van der Waals surface area contributed by atoms with Gasteiger partial charge in [-0.25, -0.2) is 4.79 Å². The fourth-order valence-corrected chi connectivity index (χ4v) is 5.06. The number of rotatable bonds is 2. The molecule has 2 aliphatic rings. The topological polar surface area (TPSA) is 103 Å². The molecule has 3 aromatic rings. The number of phenolic OH excluding ortho intramolecular Hbond substituents is 1. The molecule has 0 fully saturated rings. The van der Waals surface area contributed by atoms with Gasteiger partial charge in [0, 0.05) is 24.0 Å². The Hall–Kier alpha value is -4.13. The zero-order chi connectivity index (χ0) is 26.6. The number of benzene rings is 2. The third-order valence-electron chi connectivity index (χ3n) is 7.01. The molecule has 0 aliphatic carbocycles. The van der Waals surface area contributed by atoms with E-state index in [1.165, 1.54) is 0 Å². The van der Waals surface area contributed by atoms with Crippen molar-refractivity contribution < 1.29 is 33.4 Å². The van der Waals surface area contributed by atoms with Gasteiger partial charge in [-0.15, -0.1) is 0 Å². The SMILES string of the molecule is C[C@@H]1CCCC(=O)CCC/C=C/c2cc3c(c(O)c2C(=O)O1)[C@@H](c1ccc(-c2ccccc2)o1)CC(=O)O3. The summed E-state index contributed by atoms with van der Waals surface area (Å²) in [5.41, 5.74) is 1.62. The Bertz CT molecular complexity index is 1380. The highest BCUT2D eigenvalue weighted by atomic mass is 16.5. The lowest BCUT2D eigenvalue weighted by atomic mass is 9.86. The van der Waals surface area contributed by atoms with E-state index in [1.807, 2.05) is 42.5 Å². The summed E-state index contributed by atoms with van der Waals surface area (Å²) in [6, 6.07) is 14.8. The van der Waals surface area contributed by atoms with Crippen LogP contribution in [0.1, 0.15) is 85.0 Å². The smallest absolute Gasteiger partial charge is 0.342 e. The Labute approximate surface area is 221 Å². The molecule has 0 saturated carbocycles. The zero-order valence-electron chi connectivity index (χ0n) is 21.3. The number of furan rings is 1. The number of hydrogen-bond donors (Lipinski definition) is 1. The van der Waals surface area contributed by atoms with Gasteiger partial charge in [-0.1, -0.05) is 42.5 Å². The minimum absolute atomic E-state index is 0.0257. The largest absolute Gasteiger partial charge is 0.507 e. The van der Waals surface area contributed by atoms with Crippen molar-refractivity contribution in [3.05, 3.63) is 77.1 Å². The summed E-state index contributed by atoms with van der Waals surface area (Å²) >= 11 is 0. The van der Waals surface area contributed by atoms with Crippen LogP contribution in [0.4, 0.5) is 0 Å². The lowest BCUT2D eigenvalue weighted by Gasteiger charge is -2.26. The van der Waals surface area contributed by atoms with Crippen LogP contribution in [0.15, 0.2) is 59.0 Å². The molecule has 1 aromatic heterocycles. The fourth-order valence-electron chi connectivity index (χ4n) is 5.06. The van der Waals surface area contributed by atoms with E-state index in [4.69, 9.17) is 13.9 Å². The van der Waals surface area contributed by atoms with Crippen LogP contribution in [0.3, 0.4) is 0 Å². The Morgan fingerprint density at radius 1 is 0.974 bits per heavy atom. The molecule has 2 aliphatic heterocycles. The number of cyclic esters (lactones) is 1. The quantitative estimate of drug-likeness (QED) is 0.304. The maximum absolute atomic E-state index is 13.3. The number of carbonyl (C=O) groups excluding carboxylic acids is 3. The number of esters is 2. The number of phenols is 1. The van der Waals surface area contributed by atoms with Gasteiger partial charge < -0.3 is 19.0 Å². The van der Waals surface area contributed by atoms with Gasteiger partial charge in [-0.05, 0) is 56.4 Å². The van der Waals surface area contributed by atoms with Gasteiger partial charge in [-0.3, -0.25) is 9.59 Å². The predicted molar refractivity (Wildman–Crippen MR) is 141 cm³/mol. The van der Waals surface area contributed by atoms with E-state index < -0.39 is 24.0 Å². The van der Waals surface area contributed by atoms with E-state index in [2.05, 4.69) is 0 Å². The van der Waals surface area contributed by atoms with E-state index in [1.54, 1.807) is 25.1 Å². The average Bonchev–Trinajstić information content (AvgIpc) is 3.38. The lowest BCUT2D eigenvalue weighted by Crippen LogP contribution is -2.23. The van der Waals surface area contributed by atoms with Crippen molar-refractivity contribution in [3.63, 3.8) is 0 Å². The molecule has 7 heteroatoms. The molecule has 38 heavy (non-hydrogen) atoms. The fraction of sp³-hybridized carbons (Fsp3) is 0.323. The molecular weight excluding hydrogens is 484 g/mol. The molecule has 3 heterocycles. The van der Waals surface area contributed by atoms with Crippen molar-refractivity contribution in [1.29, 1.82) is 0 Å². The van der Waals surface area contributed by atoms with Gasteiger partial charge in [0.05, 0.1) is 18.4 Å². The van der Waals surface area contributed by atoms with Crippen LogP contribution in [-0.4, -0.2) is 28.9 Å². The van der Waals surface area contributed by atoms with Crippen LogP contribution >= 0.6 is 0 Å². The number of ether oxygens (including phenoxy) is 2. The second-order valence-electron chi connectivity index (χ2n) is 9.84. The van der Waals surface area contributed by atoms with Crippen molar-refractivity contribution in [3.8, 4) is 22.8 Å². The molecule has 0 bridgehead atoms. The molecule has 1 N–H and O–H groups in total. The first kappa shape index (κ1) is 25.5. The highest BCUT2D eigenvalue weighted by molar-refractivity contribution is 5.98. The first-order valence-electron chi connectivity index (χ1n) is 13.1. The van der Waals surface area contributed by atoms with Gasteiger partial charge in [0.15, 0.2) is 0 Å². The first-order valence-corrected chi connectivity index (χ1v) is 13.1. The molecule has 7 nitrogen and oxygen atoms in total. The molecule has 0 saturated heterocycles. The molecule has 0 spiro atoms. The second-order valence-corrected chi connectivity index (χ2v) is 9.84. The van der Waals surface area contributed by atoms with Crippen LogP contribution in [0, 0.1) is 0 Å². The van der Waals surface area contributed by atoms with Crippen molar-refractivity contribution in [1.82, 2.24) is 0 Å². The summed E-state index contributed by atoms with van der Waals surface area (Å²) in [5, 5.41) is 11.5. The summed E-state index contributed by atoms with van der Waals surface area (Å²) in [5.74, 6) is -0.540. The summed E-state index contributed by atoms with van der Waals surface area (Å²) in [4.78, 5) is 38.0. The number of hydrogen-bond acceptors (Lipinski definition) is 7. The number of Topliss-reactive ketones (excluding diaryl/α,β-unsaturated/α-hetero) is 1. The van der Waals surface area contributed by atoms with Crippen molar-refractivity contribution >= 4 is 23.8 Å². The van der Waals surface area contributed by atoms with E-state index in [9.17, 15) is 19.5 Å². The Kier molecular flexibility index (Phi) is 7.45. The molecule has 0 radical (unpaired) electrons. The second kappa shape index (κ2) is 11.1. The molecule has 0 unspecified atom stereocenters. The Morgan fingerprint density at radius 2 is 1.76 bits per heavy atom. The Balaban J connectivity index is 1.57. The highest BCUT2D eigenvalue weighted by Crippen LogP contribution is 2.47. The number of fused-ring (bicyclic) bond motifs is 2. The third kappa shape index (κ3) is 5.42. The first-order chi connectivity index (χ1) is 18.4. The van der Waals surface area contributed by atoms with Crippen LogP contribution in [-0.2, 0) is 14.3 Å². The van der Waals surface area contributed by atoms with E-state index in [0.29, 0.717) is 61.2 Å².